The number of nitrogens with zero attached hydrogens (tertiary/aromatic N) is 3. The summed E-state index contributed by atoms with van der Waals surface area (Å²) in [6.07, 6.45) is 0. The number of amides is 1. The molecule has 13 heteroatoms. The number of sulfonamides is 1. The van der Waals surface area contributed by atoms with Gasteiger partial charge in [-0.05, 0) is 36.4 Å². The summed E-state index contributed by atoms with van der Waals surface area (Å²) in [6.45, 7) is 1.66. The summed E-state index contributed by atoms with van der Waals surface area (Å²) in [5, 5.41) is 10.4. The molecular formula is C16H18N4O7S2. The van der Waals surface area contributed by atoms with E-state index in [-0.39, 0.29) is 11.8 Å². The van der Waals surface area contributed by atoms with Crippen molar-refractivity contribution in [3.63, 3.8) is 0 Å². The molecule has 2 unspecified atom stereocenters. The highest BCUT2D eigenvalue weighted by Gasteiger charge is 2.49. The lowest BCUT2D eigenvalue weighted by Gasteiger charge is -2.33. The first-order valence-electron chi connectivity index (χ1n) is 8.30. The molecule has 29 heavy (non-hydrogen) atoms. The fourth-order valence-corrected chi connectivity index (χ4v) is 4.48. The van der Waals surface area contributed by atoms with Gasteiger partial charge in [-0.15, -0.1) is 5.10 Å². The zero-order chi connectivity index (χ0) is 21.3. The Morgan fingerprint density at radius 1 is 1.28 bits per heavy atom. The van der Waals surface area contributed by atoms with Crippen molar-refractivity contribution in [1.29, 1.82) is 0 Å². The van der Waals surface area contributed by atoms with Gasteiger partial charge >= 0.3 is 5.97 Å². The van der Waals surface area contributed by atoms with Gasteiger partial charge in [-0.25, -0.2) is 18.6 Å². The molecule has 2 atom stereocenters. The van der Waals surface area contributed by atoms with E-state index in [0.29, 0.717) is 28.8 Å². The Kier molecular flexibility index (Phi) is 5.82. The number of aliphatic imine (C=N–C) groups is 1. The molecule has 1 amide bonds. The van der Waals surface area contributed by atoms with Crippen LogP contribution in [0.25, 0.3) is 0 Å². The number of benzene rings is 1. The fourth-order valence-electron chi connectivity index (χ4n) is 2.92. The number of primary sulfonamides is 1. The van der Waals surface area contributed by atoms with Crippen LogP contribution in [0.2, 0.25) is 0 Å². The monoisotopic (exact) mass is 442 g/mol. The second-order valence-electron chi connectivity index (χ2n) is 5.88. The van der Waals surface area contributed by atoms with E-state index < -0.39 is 38.2 Å². The van der Waals surface area contributed by atoms with Crippen LogP contribution in [0.1, 0.15) is 18.5 Å². The normalized spacial score (nSPS) is 21.2. The van der Waals surface area contributed by atoms with Crippen molar-refractivity contribution < 1.29 is 32.2 Å². The van der Waals surface area contributed by atoms with Gasteiger partial charge in [-0.2, -0.15) is 4.99 Å². The van der Waals surface area contributed by atoms with Gasteiger partial charge in [0.1, 0.15) is 6.04 Å². The standard InChI is InChI=1S/C16H18N4O7S2/c1-4-27-14(22)11-12(8-5-6-9(25-2)10(7-8)26-3)20-15(18-13(11)21)28-16(19-20)29(17,23)24/h5-7,11-12H,4H2,1-3H3,(H2,17,23,24). The highest BCUT2D eigenvalue weighted by molar-refractivity contribution is 8.42. The maximum absolute atomic E-state index is 12.7. The van der Waals surface area contributed by atoms with Crippen LogP contribution in [0, 0.1) is 5.92 Å². The van der Waals surface area contributed by atoms with Crippen LogP contribution >= 0.6 is 11.8 Å². The van der Waals surface area contributed by atoms with Gasteiger partial charge < -0.3 is 14.2 Å². The van der Waals surface area contributed by atoms with Gasteiger partial charge in [0, 0.05) is 0 Å². The summed E-state index contributed by atoms with van der Waals surface area (Å²) < 4.78 is 38.6. The molecule has 0 radical (unpaired) electrons. The molecule has 0 saturated carbocycles. The number of hydrogen-bond donors (Lipinski definition) is 1. The first kappa shape index (κ1) is 21.1. The Hall–Kier alpha value is -2.64. The zero-order valence-electron chi connectivity index (χ0n) is 15.7. The molecule has 0 aliphatic carbocycles. The van der Waals surface area contributed by atoms with Crippen LogP contribution in [-0.4, -0.2) is 55.7 Å². The minimum Gasteiger partial charge on any atom is -0.493 e. The Morgan fingerprint density at radius 2 is 1.97 bits per heavy atom. The molecule has 2 N–H and O–H groups in total. The molecule has 2 aliphatic rings. The van der Waals surface area contributed by atoms with E-state index in [9.17, 15) is 18.0 Å². The van der Waals surface area contributed by atoms with Gasteiger partial charge in [-0.3, -0.25) is 9.59 Å². The lowest BCUT2D eigenvalue weighted by molar-refractivity contribution is -0.154. The summed E-state index contributed by atoms with van der Waals surface area (Å²) in [5.41, 5.74) is 0.446. The maximum Gasteiger partial charge on any atom is 0.321 e. The first-order chi connectivity index (χ1) is 13.7. The molecular weight excluding hydrogens is 424 g/mol. The molecule has 0 fully saturated rings. The minimum atomic E-state index is -4.14. The van der Waals surface area contributed by atoms with Crippen LogP contribution < -0.4 is 14.6 Å². The lowest BCUT2D eigenvalue weighted by atomic mass is 9.90. The first-order valence-corrected chi connectivity index (χ1v) is 10.7. The number of methoxy groups -OCH3 is 2. The number of hydrogen-bond acceptors (Lipinski definition) is 10. The van der Waals surface area contributed by atoms with Gasteiger partial charge in [0.2, 0.25) is 4.38 Å². The zero-order valence-corrected chi connectivity index (χ0v) is 17.3. The number of carbonyl (C=O) groups is 2. The summed E-state index contributed by atoms with van der Waals surface area (Å²) in [7, 11) is -1.23. The number of amidine groups is 1. The molecule has 0 bridgehead atoms. The van der Waals surface area contributed by atoms with Crippen molar-refractivity contribution >= 4 is 43.2 Å². The number of nitrogens with two attached hydrogens (primary N) is 1. The molecule has 3 rings (SSSR count). The maximum atomic E-state index is 12.7. The van der Waals surface area contributed by atoms with E-state index >= 15 is 0 Å². The number of thioether (sulfide) groups is 1. The minimum absolute atomic E-state index is 0.000594. The number of esters is 1. The molecule has 0 spiro atoms. The third kappa shape index (κ3) is 3.93. The highest BCUT2D eigenvalue weighted by Crippen LogP contribution is 2.42. The Morgan fingerprint density at radius 3 is 2.55 bits per heavy atom. The van der Waals surface area contributed by atoms with Crippen molar-refractivity contribution in [2.45, 2.75) is 13.0 Å². The topological polar surface area (TPSA) is 150 Å². The summed E-state index contributed by atoms with van der Waals surface area (Å²) in [5.74, 6) is -2.14. The van der Waals surface area contributed by atoms with Gasteiger partial charge in [0.05, 0.1) is 20.8 Å². The summed E-state index contributed by atoms with van der Waals surface area (Å²) >= 11 is 0.632. The van der Waals surface area contributed by atoms with Crippen molar-refractivity contribution in [1.82, 2.24) is 5.01 Å². The number of rotatable bonds is 5. The second-order valence-corrected chi connectivity index (χ2v) is 8.57. The van der Waals surface area contributed by atoms with E-state index in [1.807, 2.05) is 0 Å². The molecule has 1 aromatic carbocycles. The number of fused-ring (bicyclic) bond motifs is 1. The predicted octanol–water partition coefficient (Wildman–Crippen LogP) is 0.429. The van der Waals surface area contributed by atoms with E-state index in [2.05, 4.69) is 10.1 Å². The van der Waals surface area contributed by atoms with Crippen molar-refractivity contribution in [2.75, 3.05) is 20.8 Å². The lowest BCUT2D eigenvalue weighted by Crippen LogP contribution is -2.44. The van der Waals surface area contributed by atoms with E-state index in [0.717, 1.165) is 0 Å². The quantitative estimate of drug-likeness (QED) is 0.506. The van der Waals surface area contributed by atoms with E-state index in [1.165, 1.54) is 19.2 Å². The molecule has 2 aliphatic heterocycles. The number of carbonyl (C=O) groups excluding carboxylic acids is 2. The van der Waals surface area contributed by atoms with Gasteiger partial charge in [0.15, 0.2) is 22.6 Å². The van der Waals surface area contributed by atoms with Crippen LogP contribution in [0.5, 0.6) is 11.5 Å². The Bertz CT molecular complexity index is 1020. The van der Waals surface area contributed by atoms with E-state index in [4.69, 9.17) is 19.3 Å². The predicted molar refractivity (Wildman–Crippen MR) is 105 cm³/mol. The highest BCUT2D eigenvalue weighted by atomic mass is 32.3. The SMILES string of the molecule is CCOC(=O)C1C(=O)N=C2SC(S(N)(=O)=O)=NN2C1c1ccc(OC)c(OC)c1. The summed E-state index contributed by atoms with van der Waals surface area (Å²) in [6, 6.07) is 3.77. The molecule has 1 aromatic rings. The third-order valence-corrected chi connectivity index (χ3v) is 6.38. The number of ether oxygens (including phenoxy) is 3. The van der Waals surface area contributed by atoms with Crippen LogP contribution in [-0.2, 0) is 24.3 Å². The largest absolute Gasteiger partial charge is 0.493 e. The Balaban J connectivity index is 2.16. The van der Waals surface area contributed by atoms with Crippen LogP contribution in [0.15, 0.2) is 28.3 Å². The average molecular weight is 442 g/mol. The molecule has 0 aromatic heterocycles. The van der Waals surface area contributed by atoms with Crippen molar-refractivity contribution in [3.8, 4) is 11.5 Å². The second kappa shape index (κ2) is 8.00. The van der Waals surface area contributed by atoms with E-state index in [1.54, 1.807) is 25.1 Å². The third-order valence-electron chi connectivity index (χ3n) is 4.15. The Labute approximate surface area is 170 Å². The smallest absolute Gasteiger partial charge is 0.321 e. The molecule has 11 nitrogen and oxygen atoms in total. The van der Waals surface area contributed by atoms with Gasteiger partial charge in [-0.1, -0.05) is 6.07 Å². The van der Waals surface area contributed by atoms with Crippen LogP contribution in [0.4, 0.5) is 0 Å². The molecule has 156 valence electrons. The fraction of sp³-hybridized carbons (Fsp3) is 0.375. The van der Waals surface area contributed by atoms with Crippen molar-refractivity contribution in [2.24, 2.45) is 21.2 Å². The molecule has 0 saturated heterocycles. The summed E-state index contributed by atoms with van der Waals surface area (Å²) in [4.78, 5) is 29.0. The van der Waals surface area contributed by atoms with Crippen molar-refractivity contribution in [3.05, 3.63) is 23.8 Å². The van der Waals surface area contributed by atoms with Crippen LogP contribution in [0.3, 0.4) is 0 Å². The number of hydrazone groups is 1. The molecule has 2 heterocycles. The average Bonchev–Trinajstić information content (AvgIpc) is 3.10. The van der Waals surface area contributed by atoms with Gasteiger partial charge in [0.25, 0.3) is 15.9 Å².